The van der Waals surface area contributed by atoms with Gasteiger partial charge in [-0.25, -0.2) is 8.42 Å². The molecule has 24 heavy (non-hydrogen) atoms. The molecular weight excluding hydrogens is 356 g/mol. The van der Waals surface area contributed by atoms with Crippen LogP contribution in [-0.2, 0) is 23.1 Å². The monoisotopic (exact) mass is 372 g/mol. The maximum Gasteiger partial charge on any atom is 0.252 e. The number of aromatic nitrogens is 2. The lowest BCUT2D eigenvalue weighted by Gasteiger charge is -2.26. The number of fused-ring (bicyclic) bond motifs is 1. The molecule has 0 aromatic carbocycles. The van der Waals surface area contributed by atoms with Crippen LogP contribution < -0.4 is 5.73 Å². The van der Waals surface area contributed by atoms with Crippen molar-refractivity contribution in [3.63, 3.8) is 0 Å². The Labute approximate surface area is 142 Å². The zero-order valence-corrected chi connectivity index (χ0v) is 14.1. The number of carbonyl (C=O) groups excluding carboxylic acids is 1. The summed E-state index contributed by atoms with van der Waals surface area (Å²) in [7, 11) is -3.74. The average Bonchev–Trinajstić information content (AvgIpc) is 3.20. The Hall–Kier alpha value is -1.79. The summed E-state index contributed by atoms with van der Waals surface area (Å²) in [6, 6.07) is 2.85. The zero-order chi connectivity index (χ0) is 17.5. The first-order chi connectivity index (χ1) is 11.3. The van der Waals surface area contributed by atoms with Gasteiger partial charge in [-0.05, 0) is 12.1 Å². The third kappa shape index (κ3) is 2.96. The van der Waals surface area contributed by atoms with Crippen LogP contribution in [0, 0.1) is 0 Å². The number of nitrogens with zero attached hydrogens (tertiary/aromatic N) is 3. The van der Waals surface area contributed by atoms with Crippen molar-refractivity contribution in [3.05, 3.63) is 34.5 Å². The molecule has 4 N–H and O–H groups in total. The van der Waals surface area contributed by atoms with E-state index in [2.05, 4.69) is 5.10 Å². The molecule has 0 saturated carbocycles. The maximum absolute atomic E-state index is 12.7. The Morgan fingerprint density at radius 1 is 1.42 bits per heavy atom. The first-order valence-electron chi connectivity index (χ1n) is 7.07. The number of primary amides is 1. The molecule has 3 rings (SSSR count). The SMILES string of the molecule is NC(=O)c1csc(S(=O)(=O)N2CCn3nc([C@H](O)CO)cc3C2)c1. The van der Waals surface area contributed by atoms with Crippen LogP contribution in [0.25, 0.3) is 0 Å². The molecule has 0 saturated heterocycles. The van der Waals surface area contributed by atoms with Gasteiger partial charge >= 0.3 is 0 Å². The Balaban J connectivity index is 1.85. The number of hydrogen-bond acceptors (Lipinski definition) is 7. The lowest BCUT2D eigenvalue weighted by Crippen LogP contribution is -2.38. The largest absolute Gasteiger partial charge is 0.393 e. The van der Waals surface area contributed by atoms with Crippen LogP contribution in [0.1, 0.15) is 27.8 Å². The molecule has 9 nitrogen and oxygen atoms in total. The third-order valence-electron chi connectivity index (χ3n) is 3.75. The van der Waals surface area contributed by atoms with Gasteiger partial charge in [0.2, 0.25) is 5.91 Å². The van der Waals surface area contributed by atoms with Crippen LogP contribution in [0.2, 0.25) is 0 Å². The van der Waals surface area contributed by atoms with Crippen LogP contribution in [0.3, 0.4) is 0 Å². The summed E-state index contributed by atoms with van der Waals surface area (Å²) in [5, 5.41) is 24.2. The quantitative estimate of drug-likeness (QED) is 0.633. The van der Waals surface area contributed by atoms with Gasteiger partial charge in [0.1, 0.15) is 10.3 Å². The first-order valence-corrected chi connectivity index (χ1v) is 9.39. The van der Waals surface area contributed by atoms with Gasteiger partial charge in [0, 0.05) is 11.9 Å². The van der Waals surface area contributed by atoms with Gasteiger partial charge in [0.15, 0.2) is 0 Å². The van der Waals surface area contributed by atoms with Crippen molar-refractivity contribution in [2.45, 2.75) is 23.4 Å². The molecule has 0 aliphatic carbocycles. The van der Waals surface area contributed by atoms with E-state index in [-0.39, 0.29) is 22.9 Å². The minimum absolute atomic E-state index is 0.0554. The lowest BCUT2D eigenvalue weighted by molar-refractivity contribution is 0.0916. The fourth-order valence-corrected chi connectivity index (χ4v) is 5.16. The van der Waals surface area contributed by atoms with Crippen LogP contribution in [0.15, 0.2) is 21.7 Å². The third-order valence-corrected chi connectivity index (χ3v) is 7.01. The Morgan fingerprint density at radius 3 is 2.79 bits per heavy atom. The van der Waals surface area contributed by atoms with Gasteiger partial charge in [-0.15, -0.1) is 11.3 Å². The van der Waals surface area contributed by atoms with Crippen molar-refractivity contribution in [1.82, 2.24) is 14.1 Å². The molecule has 11 heteroatoms. The van der Waals surface area contributed by atoms with E-state index < -0.39 is 28.6 Å². The fraction of sp³-hybridized carbons (Fsp3) is 0.385. The molecule has 0 spiro atoms. The minimum atomic E-state index is -3.74. The molecule has 2 aromatic rings. The smallest absolute Gasteiger partial charge is 0.252 e. The molecule has 1 aliphatic rings. The van der Waals surface area contributed by atoms with Crippen LogP contribution in [-0.4, -0.2) is 51.8 Å². The van der Waals surface area contributed by atoms with Gasteiger partial charge in [-0.3, -0.25) is 9.48 Å². The number of sulfonamides is 1. The summed E-state index contributed by atoms with van der Waals surface area (Å²) < 4.78 is 28.3. The second-order valence-electron chi connectivity index (χ2n) is 5.34. The summed E-state index contributed by atoms with van der Waals surface area (Å²) in [4.78, 5) is 11.1. The molecule has 3 heterocycles. The van der Waals surface area contributed by atoms with Gasteiger partial charge in [0.25, 0.3) is 10.0 Å². The van der Waals surface area contributed by atoms with Crippen LogP contribution in [0.5, 0.6) is 0 Å². The number of thiophene rings is 1. The second kappa shape index (κ2) is 6.26. The summed E-state index contributed by atoms with van der Waals surface area (Å²) >= 11 is 0.948. The number of rotatable bonds is 5. The molecule has 2 aromatic heterocycles. The number of aliphatic hydroxyl groups is 2. The molecule has 130 valence electrons. The average molecular weight is 372 g/mol. The van der Waals surface area contributed by atoms with E-state index in [9.17, 15) is 18.3 Å². The highest BCUT2D eigenvalue weighted by Gasteiger charge is 2.31. The van der Waals surface area contributed by atoms with Crippen molar-refractivity contribution in [2.24, 2.45) is 5.73 Å². The first kappa shape index (κ1) is 17.0. The topological polar surface area (TPSA) is 139 Å². The Morgan fingerprint density at radius 2 is 2.17 bits per heavy atom. The number of amides is 1. The lowest BCUT2D eigenvalue weighted by atomic mass is 10.2. The molecule has 1 amide bonds. The summed E-state index contributed by atoms with van der Waals surface area (Å²) in [6.45, 7) is 0.192. The van der Waals surface area contributed by atoms with E-state index in [1.807, 2.05) is 0 Å². The number of aliphatic hydroxyl groups excluding tert-OH is 2. The van der Waals surface area contributed by atoms with Gasteiger partial charge in [-0.1, -0.05) is 0 Å². The Kier molecular flexibility index (Phi) is 4.44. The van der Waals surface area contributed by atoms with E-state index in [4.69, 9.17) is 10.8 Å². The van der Waals surface area contributed by atoms with Crippen molar-refractivity contribution in [2.75, 3.05) is 13.2 Å². The molecule has 0 fully saturated rings. The number of hydrogen-bond donors (Lipinski definition) is 3. The normalized spacial score (nSPS) is 16.8. The van der Waals surface area contributed by atoms with Crippen molar-refractivity contribution < 1.29 is 23.4 Å². The molecule has 0 radical (unpaired) electrons. The predicted octanol–water partition coefficient (Wildman–Crippen LogP) is -0.726. The van der Waals surface area contributed by atoms with E-state index in [1.54, 1.807) is 10.7 Å². The predicted molar refractivity (Wildman–Crippen MR) is 84.7 cm³/mol. The van der Waals surface area contributed by atoms with Gasteiger partial charge < -0.3 is 15.9 Å². The zero-order valence-electron chi connectivity index (χ0n) is 12.5. The highest BCUT2D eigenvalue weighted by molar-refractivity contribution is 7.91. The summed E-state index contributed by atoms with van der Waals surface area (Å²) in [6.07, 6.45) is -1.09. The number of nitrogens with two attached hydrogens (primary N) is 1. The van der Waals surface area contributed by atoms with E-state index in [1.165, 1.54) is 15.8 Å². The highest BCUT2D eigenvalue weighted by atomic mass is 32.2. The summed E-state index contributed by atoms with van der Waals surface area (Å²) in [5.41, 5.74) is 6.25. The van der Waals surface area contributed by atoms with Crippen molar-refractivity contribution in [1.29, 1.82) is 0 Å². The fourth-order valence-electron chi connectivity index (χ4n) is 2.43. The molecule has 0 unspecified atom stereocenters. The van der Waals surface area contributed by atoms with Gasteiger partial charge in [0.05, 0.1) is 36.6 Å². The number of carbonyl (C=O) groups is 1. The maximum atomic E-state index is 12.7. The van der Waals surface area contributed by atoms with E-state index >= 15 is 0 Å². The van der Waals surface area contributed by atoms with Crippen LogP contribution in [0.4, 0.5) is 0 Å². The molecule has 1 atom stereocenters. The molecule has 1 aliphatic heterocycles. The highest BCUT2D eigenvalue weighted by Crippen LogP contribution is 2.27. The Bertz CT molecular complexity index is 873. The van der Waals surface area contributed by atoms with E-state index in [0.717, 1.165) is 11.3 Å². The molecular formula is C13H16N4O5S2. The van der Waals surface area contributed by atoms with E-state index in [0.29, 0.717) is 17.9 Å². The van der Waals surface area contributed by atoms with Crippen molar-refractivity contribution >= 4 is 27.3 Å². The molecule has 0 bridgehead atoms. The minimum Gasteiger partial charge on any atom is -0.393 e. The summed E-state index contributed by atoms with van der Waals surface area (Å²) in [5.74, 6) is -0.674. The standard InChI is InChI=1S/C13H16N4O5S2/c14-13(20)8-3-12(23-7-8)24(21,22)16-1-2-17-9(5-16)4-10(15-17)11(19)6-18/h3-4,7,11,18-19H,1-2,5-6H2,(H2,14,20)/t11-/m1/s1. The second-order valence-corrected chi connectivity index (χ2v) is 8.42. The van der Waals surface area contributed by atoms with Crippen LogP contribution >= 0.6 is 11.3 Å². The van der Waals surface area contributed by atoms with Crippen molar-refractivity contribution in [3.8, 4) is 0 Å². The van der Waals surface area contributed by atoms with Gasteiger partial charge in [-0.2, -0.15) is 9.40 Å².